The van der Waals surface area contributed by atoms with E-state index < -0.39 is 5.97 Å². The molecule has 2 N–H and O–H groups in total. The molecule has 4 atom stereocenters. The highest BCUT2D eigenvalue weighted by Gasteiger charge is 2.50. The molecule has 3 nitrogen and oxygen atoms in total. The molecule has 0 aromatic rings. The van der Waals surface area contributed by atoms with Crippen LogP contribution in [0.1, 0.15) is 19.3 Å². The van der Waals surface area contributed by atoms with Crippen molar-refractivity contribution >= 4 is 5.97 Å². The summed E-state index contributed by atoms with van der Waals surface area (Å²) in [5, 5.41) is 12.3. The van der Waals surface area contributed by atoms with Gasteiger partial charge in [-0.25, -0.2) is 0 Å². The van der Waals surface area contributed by atoms with Gasteiger partial charge in [0.05, 0.1) is 5.92 Å². The summed E-state index contributed by atoms with van der Waals surface area (Å²) in [6.07, 6.45) is 4.04. The Morgan fingerprint density at radius 1 is 1.07 bits per heavy atom. The van der Waals surface area contributed by atoms with E-state index in [-0.39, 0.29) is 5.92 Å². The van der Waals surface area contributed by atoms with E-state index in [1.54, 1.807) is 0 Å². The number of aliphatic carboxylic acids is 1. The van der Waals surface area contributed by atoms with Gasteiger partial charge in [-0.3, -0.25) is 4.79 Å². The second kappa shape index (κ2) is 2.96. The Kier molecular flexibility index (Phi) is 1.84. The monoisotopic (exact) mass is 195 g/mol. The lowest BCUT2D eigenvalue weighted by atomic mass is 9.81. The Morgan fingerprint density at radius 2 is 1.71 bits per heavy atom. The van der Waals surface area contributed by atoms with Crippen molar-refractivity contribution in [2.75, 3.05) is 13.1 Å². The number of nitrogens with one attached hydrogen (secondary N) is 1. The van der Waals surface area contributed by atoms with Crippen LogP contribution < -0.4 is 5.32 Å². The van der Waals surface area contributed by atoms with Gasteiger partial charge in [0.1, 0.15) is 0 Å². The second-order valence-corrected chi connectivity index (χ2v) is 5.25. The van der Waals surface area contributed by atoms with E-state index in [0.717, 1.165) is 18.4 Å². The van der Waals surface area contributed by atoms with Crippen LogP contribution in [0.15, 0.2) is 0 Å². The first-order valence-electron chi connectivity index (χ1n) is 5.69. The van der Waals surface area contributed by atoms with Crippen LogP contribution in [-0.4, -0.2) is 24.2 Å². The summed E-state index contributed by atoms with van der Waals surface area (Å²) in [6.45, 7) is 1.62. The predicted octanol–water partition coefficient (Wildman–Crippen LogP) is 0.953. The first kappa shape index (κ1) is 8.72. The molecule has 4 unspecified atom stereocenters. The molecule has 0 radical (unpaired) electrons. The van der Waals surface area contributed by atoms with Gasteiger partial charge in [-0.15, -0.1) is 0 Å². The Balaban J connectivity index is 1.68. The van der Waals surface area contributed by atoms with Gasteiger partial charge in [0.15, 0.2) is 0 Å². The SMILES string of the molecule is O=C(O)C1CNCC1C1CC2CC2C1. The number of carbonyl (C=O) groups is 1. The molecule has 2 saturated carbocycles. The Labute approximate surface area is 83.9 Å². The molecule has 3 rings (SSSR count). The normalized spacial score (nSPS) is 50.4. The molecule has 3 heteroatoms. The van der Waals surface area contributed by atoms with Crippen molar-refractivity contribution in [2.24, 2.45) is 29.6 Å². The van der Waals surface area contributed by atoms with Crippen LogP contribution in [0.2, 0.25) is 0 Å². The number of rotatable bonds is 2. The molecule has 0 bridgehead atoms. The van der Waals surface area contributed by atoms with Gasteiger partial charge in [0.25, 0.3) is 0 Å². The van der Waals surface area contributed by atoms with E-state index in [2.05, 4.69) is 5.32 Å². The first-order chi connectivity index (χ1) is 6.75. The van der Waals surface area contributed by atoms with Crippen molar-refractivity contribution in [3.63, 3.8) is 0 Å². The maximum absolute atomic E-state index is 11.0. The quantitative estimate of drug-likeness (QED) is 0.689. The zero-order valence-electron chi connectivity index (χ0n) is 8.28. The highest BCUT2D eigenvalue weighted by atomic mass is 16.4. The van der Waals surface area contributed by atoms with Crippen LogP contribution in [0.4, 0.5) is 0 Å². The zero-order chi connectivity index (χ0) is 9.71. The largest absolute Gasteiger partial charge is 0.481 e. The van der Waals surface area contributed by atoms with E-state index in [1.807, 2.05) is 0 Å². The fourth-order valence-corrected chi connectivity index (χ4v) is 3.58. The van der Waals surface area contributed by atoms with E-state index in [1.165, 1.54) is 19.3 Å². The van der Waals surface area contributed by atoms with Gasteiger partial charge in [-0.2, -0.15) is 0 Å². The summed E-state index contributed by atoms with van der Waals surface area (Å²) in [5.74, 6) is 2.35. The number of fused-ring (bicyclic) bond motifs is 1. The molecule has 0 aromatic carbocycles. The summed E-state index contributed by atoms with van der Waals surface area (Å²) < 4.78 is 0. The Bertz CT molecular complexity index is 256. The third-order valence-electron chi connectivity index (χ3n) is 4.46. The summed E-state index contributed by atoms with van der Waals surface area (Å²) >= 11 is 0. The molecule has 0 aromatic heterocycles. The topological polar surface area (TPSA) is 49.3 Å². The maximum atomic E-state index is 11.0. The van der Waals surface area contributed by atoms with E-state index in [9.17, 15) is 4.79 Å². The minimum atomic E-state index is -0.597. The lowest BCUT2D eigenvalue weighted by Gasteiger charge is -2.22. The summed E-state index contributed by atoms with van der Waals surface area (Å²) in [5.41, 5.74) is 0. The standard InChI is InChI=1S/C11H17NO2/c13-11(14)10-5-12-4-9(10)8-2-6-1-7(6)3-8/h6-10,12H,1-5H2,(H,13,14). The number of carboxylic acid groups (broad SMARTS) is 1. The molecule has 3 fully saturated rings. The molecule has 78 valence electrons. The lowest BCUT2D eigenvalue weighted by molar-refractivity contribution is -0.143. The van der Waals surface area contributed by atoms with Gasteiger partial charge >= 0.3 is 5.97 Å². The van der Waals surface area contributed by atoms with Crippen LogP contribution >= 0.6 is 0 Å². The molecule has 1 heterocycles. The number of hydrogen-bond acceptors (Lipinski definition) is 2. The average molecular weight is 195 g/mol. The van der Waals surface area contributed by atoms with Crippen molar-refractivity contribution in [3.05, 3.63) is 0 Å². The molecule has 0 amide bonds. The molecule has 1 saturated heterocycles. The number of carboxylic acids is 1. The third kappa shape index (κ3) is 1.26. The lowest BCUT2D eigenvalue weighted by Crippen LogP contribution is -2.27. The highest BCUT2D eigenvalue weighted by molar-refractivity contribution is 5.71. The molecule has 1 aliphatic heterocycles. The van der Waals surface area contributed by atoms with E-state index >= 15 is 0 Å². The highest BCUT2D eigenvalue weighted by Crippen LogP contribution is 2.57. The molecular weight excluding hydrogens is 178 g/mol. The van der Waals surface area contributed by atoms with Crippen molar-refractivity contribution in [1.29, 1.82) is 0 Å². The van der Waals surface area contributed by atoms with Crippen LogP contribution in [-0.2, 0) is 4.79 Å². The average Bonchev–Trinajstić information content (AvgIpc) is 2.69. The molecule has 3 aliphatic rings. The summed E-state index contributed by atoms with van der Waals surface area (Å²) in [4.78, 5) is 11.0. The fourth-order valence-electron chi connectivity index (χ4n) is 3.58. The maximum Gasteiger partial charge on any atom is 0.308 e. The van der Waals surface area contributed by atoms with Gasteiger partial charge in [0, 0.05) is 6.54 Å². The van der Waals surface area contributed by atoms with Gasteiger partial charge in [-0.1, -0.05) is 0 Å². The molecular formula is C11H17NO2. The van der Waals surface area contributed by atoms with Crippen molar-refractivity contribution < 1.29 is 9.90 Å². The van der Waals surface area contributed by atoms with Gasteiger partial charge in [0.2, 0.25) is 0 Å². The fraction of sp³-hybridized carbons (Fsp3) is 0.909. The van der Waals surface area contributed by atoms with Crippen LogP contribution in [0.3, 0.4) is 0 Å². The minimum absolute atomic E-state index is 0.113. The Hall–Kier alpha value is -0.570. The minimum Gasteiger partial charge on any atom is -0.481 e. The second-order valence-electron chi connectivity index (χ2n) is 5.25. The van der Waals surface area contributed by atoms with Crippen LogP contribution in [0.5, 0.6) is 0 Å². The Morgan fingerprint density at radius 3 is 2.36 bits per heavy atom. The van der Waals surface area contributed by atoms with Gasteiger partial charge in [-0.05, 0) is 49.5 Å². The molecule has 0 spiro atoms. The van der Waals surface area contributed by atoms with Gasteiger partial charge < -0.3 is 10.4 Å². The van der Waals surface area contributed by atoms with Crippen LogP contribution in [0, 0.1) is 29.6 Å². The van der Waals surface area contributed by atoms with E-state index in [4.69, 9.17) is 5.11 Å². The summed E-state index contributed by atoms with van der Waals surface area (Å²) in [6, 6.07) is 0. The first-order valence-corrected chi connectivity index (χ1v) is 5.69. The zero-order valence-corrected chi connectivity index (χ0v) is 8.28. The van der Waals surface area contributed by atoms with Crippen molar-refractivity contribution in [2.45, 2.75) is 19.3 Å². The van der Waals surface area contributed by atoms with Crippen molar-refractivity contribution in [1.82, 2.24) is 5.32 Å². The van der Waals surface area contributed by atoms with Crippen LogP contribution in [0.25, 0.3) is 0 Å². The van der Waals surface area contributed by atoms with E-state index in [0.29, 0.717) is 18.4 Å². The van der Waals surface area contributed by atoms with Crippen molar-refractivity contribution in [3.8, 4) is 0 Å². The molecule has 2 aliphatic carbocycles. The number of hydrogen-bond donors (Lipinski definition) is 2. The molecule has 14 heavy (non-hydrogen) atoms. The summed E-state index contributed by atoms with van der Waals surface area (Å²) in [7, 11) is 0. The smallest absolute Gasteiger partial charge is 0.308 e. The predicted molar refractivity (Wildman–Crippen MR) is 51.8 cm³/mol. The third-order valence-corrected chi connectivity index (χ3v) is 4.46.